The van der Waals surface area contributed by atoms with Gasteiger partial charge in [0.1, 0.15) is 0 Å². The van der Waals surface area contributed by atoms with E-state index in [4.69, 9.17) is 11.6 Å². The maximum absolute atomic E-state index is 12.7. The Hall–Kier alpha value is -0.580. The van der Waals surface area contributed by atoms with Gasteiger partial charge < -0.3 is 0 Å². The second-order valence-electron chi connectivity index (χ2n) is 5.16. The minimum Gasteiger partial charge on any atom is -0.207 e. The molecule has 1 unspecified atom stereocenters. The van der Waals surface area contributed by atoms with E-state index in [2.05, 4.69) is 6.92 Å². The van der Waals surface area contributed by atoms with Crippen LogP contribution in [0.4, 0.5) is 0 Å². The highest BCUT2D eigenvalue weighted by Crippen LogP contribution is 2.28. The van der Waals surface area contributed by atoms with Crippen LogP contribution >= 0.6 is 11.6 Å². The molecule has 1 heterocycles. The largest absolute Gasteiger partial charge is 0.243 e. The number of sulfonamides is 1. The molecule has 3 nitrogen and oxygen atoms in total. The van der Waals surface area contributed by atoms with Crippen molar-refractivity contribution in [3.05, 3.63) is 29.3 Å². The summed E-state index contributed by atoms with van der Waals surface area (Å²) >= 11 is 5.80. The van der Waals surface area contributed by atoms with E-state index in [0.29, 0.717) is 29.8 Å². The van der Waals surface area contributed by atoms with Gasteiger partial charge in [0.2, 0.25) is 10.0 Å². The van der Waals surface area contributed by atoms with Crippen LogP contribution in [0.15, 0.2) is 23.1 Å². The molecule has 0 bridgehead atoms. The van der Waals surface area contributed by atoms with E-state index in [1.54, 1.807) is 10.4 Å². The number of alkyl halides is 1. The van der Waals surface area contributed by atoms with Crippen molar-refractivity contribution in [1.82, 2.24) is 4.31 Å². The summed E-state index contributed by atoms with van der Waals surface area (Å²) in [4.78, 5) is 0.405. The summed E-state index contributed by atoms with van der Waals surface area (Å²) in [6.07, 6.45) is 2.00. The Labute approximate surface area is 120 Å². The van der Waals surface area contributed by atoms with Crippen molar-refractivity contribution in [1.29, 1.82) is 0 Å². The summed E-state index contributed by atoms with van der Waals surface area (Å²) in [6, 6.07) is 5.41. The second-order valence-corrected chi connectivity index (χ2v) is 7.33. The Bertz CT molecular complexity index is 557. The summed E-state index contributed by atoms with van der Waals surface area (Å²) in [5.41, 5.74) is 1.63. The van der Waals surface area contributed by atoms with Gasteiger partial charge in [-0.25, -0.2) is 8.42 Å². The van der Waals surface area contributed by atoms with E-state index in [-0.39, 0.29) is 0 Å². The number of rotatable bonds is 4. The Morgan fingerprint density at radius 3 is 2.74 bits per heavy atom. The summed E-state index contributed by atoms with van der Waals surface area (Å²) in [6.45, 7) is 5.22. The first-order chi connectivity index (χ1) is 8.98. The molecule has 0 amide bonds. The molecular formula is C14H20ClNO2S. The molecule has 0 N–H and O–H groups in total. The standard InChI is InChI=1S/C14H20ClNO2S/c1-3-12-6-7-16(10-12)19(17,18)14-8-13(9-15)5-4-11(14)2/h4-5,8,12H,3,6-7,9-10H2,1-2H3. The van der Waals surface area contributed by atoms with Gasteiger partial charge >= 0.3 is 0 Å². The van der Waals surface area contributed by atoms with Gasteiger partial charge in [0.15, 0.2) is 0 Å². The highest BCUT2D eigenvalue weighted by Gasteiger charge is 2.32. The molecule has 1 aliphatic rings. The van der Waals surface area contributed by atoms with Crippen LogP contribution in [-0.4, -0.2) is 25.8 Å². The molecule has 106 valence electrons. The van der Waals surface area contributed by atoms with E-state index >= 15 is 0 Å². The summed E-state index contributed by atoms with van der Waals surface area (Å²) in [7, 11) is -3.37. The van der Waals surface area contributed by atoms with Gasteiger partial charge in [-0.05, 0) is 36.5 Å². The average molecular weight is 302 g/mol. The Morgan fingerprint density at radius 1 is 1.42 bits per heavy atom. The van der Waals surface area contributed by atoms with E-state index in [1.165, 1.54) is 0 Å². The van der Waals surface area contributed by atoms with Gasteiger partial charge in [0.05, 0.1) is 4.90 Å². The number of benzene rings is 1. The molecular weight excluding hydrogens is 282 g/mol. The molecule has 0 aliphatic carbocycles. The molecule has 1 saturated heterocycles. The molecule has 1 aromatic rings. The Morgan fingerprint density at radius 2 is 2.16 bits per heavy atom. The van der Waals surface area contributed by atoms with E-state index in [9.17, 15) is 8.42 Å². The second kappa shape index (κ2) is 5.81. The van der Waals surface area contributed by atoms with E-state index < -0.39 is 10.0 Å². The fraction of sp³-hybridized carbons (Fsp3) is 0.571. The van der Waals surface area contributed by atoms with Gasteiger partial charge in [0.25, 0.3) is 0 Å². The topological polar surface area (TPSA) is 37.4 Å². The Kier molecular flexibility index (Phi) is 4.54. The molecule has 1 atom stereocenters. The van der Waals surface area contributed by atoms with Gasteiger partial charge in [-0.3, -0.25) is 0 Å². The molecule has 19 heavy (non-hydrogen) atoms. The SMILES string of the molecule is CCC1CCN(S(=O)(=O)c2cc(CCl)ccc2C)C1. The Balaban J connectivity index is 2.34. The van der Waals surface area contributed by atoms with Gasteiger partial charge in [-0.15, -0.1) is 11.6 Å². The van der Waals surface area contributed by atoms with Crippen molar-refractivity contribution in [2.24, 2.45) is 5.92 Å². The minimum atomic E-state index is -3.37. The highest BCUT2D eigenvalue weighted by atomic mass is 35.5. The van der Waals surface area contributed by atoms with Crippen molar-refractivity contribution >= 4 is 21.6 Å². The zero-order chi connectivity index (χ0) is 14.0. The van der Waals surface area contributed by atoms with E-state index in [0.717, 1.165) is 24.0 Å². The lowest BCUT2D eigenvalue weighted by atomic mass is 10.1. The van der Waals surface area contributed by atoms with E-state index in [1.807, 2.05) is 19.1 Å². The van der Waals surface area contributed by atoms with Crippen LogP contribution in [0, 0.1) is 12.8 Å². The fourth-order valence-electron chi connectivity index (χ4n) is 2.49. The third kappa shape index (κ3) is 2.96. The van der Waals surface area contributed by atoms with Crippen LogP contribution < -0.4 is 0 Å². The van der Waals surface area contributed by atoms with Crippen molar-refractivity contribution in [3.8, 4) is 0 Å². The van der Waals surface area contributed by atoms with Gasteiger partial charge in [-0.1, -0.05) is 25.5 Å². The molecule has 0 aromatic heterocycles. The monoisotopic (exact) mass is 301 g/mol. The maximum atomic E-state index is 12.7. The fourth-order valence-corrected chi connectivity index (χ4v) is 4.47. The molecule has 2 rings (SSSR count). The first-order valence-electron chi connectivity index (χ1n) is 6.64. The summed E-state index contributed by atoms with van der Waals surface area (Å²) in [5, 5.41) is 0. The molecule has 0 saturated carbocycles. The van der Waals surface area contributed by atoms with Gasteiger partial charge in [0, 0.05) is 19.0 Å². The normalized spacial score (nSPS) is 20.9. The molecule has 1 aromatic carbocycles. The summed E-state index contributed by atoms with van der Waals surface area (Å²) in [5.74, 6) is 0.826. The number of halogens is 1. The maximum Gasteiger partial charge on any atom is 0.243 e. The smallest absolute Gasteiger partial charge is 0.207 e. The number of aryl methyl sites for hydroxylation is 1. The molecule has 5 heteroatoms. The number of hydrogen-bond acceptors (Lipinski definition) is 2. The van der Waals surface area contributed by atoms with Crippen LogP contribution in [0.5, 0.6) is 0 Å². The summed E-state index contributed by atoms with van der Waals surface area (Å²) < 4.78 is 26.9. The lowest BCUT2D eigenvalue weighted by Gasteiger charge is -2.18. The lowest BCUT2D eigenvalue weighted by molar-refractivity contribution is 0.452. The third-order valence-corrected chi connectivity index (χ3v) is 6.17. The number of nitrogens with zero attached hydrogens (tertiary/aromatic N) is 1. The average Bonchev–Trinajstić information content (AvgIpc) is 2.88. The molecule has 1 aliphatic heterocycles. The quantitative estimate of drug-likeness (QED) is 0.801. The number of hydrogen-bond donors (Lipinski definition) is 0. The third-order valence-electron chi connectivity index (χ3n) is 3.85. The lowest BCUT2D eigenvalue weighted by Crippen LogP contribution is -2.29. The van der Waals surface area contributed by atoms with Crippen LogP contribution in [0.2, 0.25) is 0 Å². The zero-order valence-corrected chi connectivity index (χ0v) is 13.0. The first-order valence-corrected chi connectivity index (χ1v) is 8.62. The molecule has 0 spiro atoms. The van der Waals surface area contributed by atoms with Gasteiger partial charge in [-0.2, -0.15) is 4.31 Å². The predicted octanol–water partition coefficient (Wildman–Crippen LogP) is 3.15. The zero-order valence-electron chi connectivity index (χ0n) is 11.4. The van der Waals surface area contributed by atoms with Crippen molar-refractivity contribution in [2.45, 2.75) is 37.5 Å². The predicted molar refractivity (Wildman–Crippen MR) is 77.9 cm³/mol. The molecule has 1 fully saturated rings. The van der Waals surface area contributed by atoms with Crippen LogP contribution in [0.1, 0.15) is 30.9 Å². The van der Waals surface area contributed by atoms with Crippen molar-refractivity contribution in [3.63, 3.8) is 0 Å². The highest BCUT2D eigenvalue weighted by molar-refractivity contribution is 7.89. The first kappa shape index (κ1) is 14.8. The van der Waals surface area contributed by atoms with Crippen molar-refractivity contribution in [2.75, 3.05) is 13.1 Å². The van der Waals surface area contributed by atoms with Crippen LogP contribution in [0.3, 0.4) is 0 Å². The minimum absolute atomic E-state index is 0.334. The molecule has 0 radical (unpaired) electrons. The van der Waals surface area contributed by atoms with Crippen molar-refractivity contribution < 1.29 is 8.42 Å². The van der Waals surface area contributed by atoms with Crippen LogP contribution in [-0.2, 0) is 15.9 Å². The van der Waals surface area contributed by atoms with Crippen LogP contribution in [0.25, 0.3) is 0 Å².